The van der Waals surface area contributed by atoms with Gasteiger partial charge in [-0.25, -0.2) is 4.98 Å². The Kier molecular flexibility index (Phi) is 0.974. The van der Waals surface area contributed by atoms with Crippen LogP contribution in [0.25, 0.3) is 11.0 Å². The highest BCUT2D eigenvalue weighted by atomic mass is 14.9. The van der Waals surface area contributed by atoms with E-state index in [1.165, 1.54) is 0 Å². The van der Waals surface area contributed by atoms with E-state index in [2.05, 4.69) is 15.0 Å². The summed E-state index contributed by atoms with van der Waals surface area (Å²) >= 11 is 0. The molecule has 50 valence electrons. The first-order chi connectivity index (χ1) is 4.86. The van der Waals surface area contributed by atoms with Crippen molar-refractivity contribution in [2.75, 3.05) is 0 Å². The molecular weight excluding hydrogens is 126 g/mol. The summed E-state index contributed by atoms with van der Waals surface area (Å²) < 4.78 is 0. The van der Waals surface area contributed by atoms with E-state index < -0.39 is 0 Å². The van der Waals surface area contributed by atoms with Crippen molar-refractivity contribution in [1.29, 1.82) is 0 Å². The van der Waals surface area contributed by atoms with E-state index in [9.17, 15) is 0 Å². The lowest BCUT2D eigenvalue weighted by molar-refractivity contribution is -0.390. The number of H-pyrrole nitrogens is 2. The molecule has 2 aromatic heterocycles. The van der Waals surface area contributed by atoms with Gasteiger partial charge >= 0.3 is 0 Å². The summed E-state index contributed by atoms with van der Waals surface area (Å²) in [6.07, 6.45) is 3.82. The van der Waals surface area contributed by atoms with Crippen LogP contribution in [0.4, 0.5) is 0 Å². The fraction of sp³-hybridized carbons (Fsp3) is 0.143. The number of nitrogens with zero attached hydrogens (tertiary/aromatic N) is 1. The molecule has 0 amide bonds. The minimum Gasteiger partial charge on any atom is -0.325 e. The first-order valence-electron chi connectivity index (χ1n) is 3.19. The van der Waals surface area contributed by atoms with Gasteiger partial charge in [0.05, 0.1) is 5.39 Å². The summed E-state index contributed by atoms with van der Waals surface area (Å²) in [6, 6.07) is 1.98. The second kappa shape index (κ2) is 1.80. The van der Waals surface area contributed by atoms with E-state index in [-0.39, 0.29) is 0 Å². The molecule has 0 radical (unpaired) electrons. The molecule has 0 atom stereocenters. The Labute approximate surface area is 58.1 Å². The maximum atomic E-state index is 4.22. The third-order valence-electron chi connectivity index (χ3n) is 1.47. The zero-order valence-electron chi connectivity index (χ0n) is 5.68. The molecule has 2 aromatic rings. The van der Waals surface area contributed by atoms with Crippen LogP contribution in [0, 0.1) is 6.92 Å². The minimum absolute atomic E-state index is 0.926. The lowest BCUT2D eigenvalue weighted by atomic mass is 10.4. The van der Waals surface area contributed by atoms with Gasteiger partial charge in [0.25, 0.3) is 11.5 Å². The number of aromatic nitrogens is 3. The van der Waals surface area contributed by atoms with Crippen LogP contribution in [0.1, 0.15) is 5.82 Å². The monoisotopic (exact) mass is 134 g/mol. The van der Waals surface area contributed by atoms with Crippen LogP contribution >= 0.6 is 0 Å². The number of hydrogen-bond acceptors (Lipinski definition) is 1. The van der Waals surface area contributed by atoms with Gasteiger partial charge < -0.3 is 4.98 Å². The van der Waals surface area contributed by atoms with Crippen molar-refractivity contribution in [1.82, 2.24) is 9.97 Å². The summed E-state index contributed by atoms with van der Waals surface area (Å²) in [7, 11) is 0. The molecule has 10 heavy (non-hydrogen) atoms. The Morgan fingerprint density at radius 1 is 1.60 bits per heavy atom. The molecule has 0 bridgehead atoms. The molecule has 0 fully saturated rings. The van der Waals surface area contributed by atoms with Crippen LogP contribution in [-0.2, 0) is 0 Å². The topological polar surface area (TPSA) is 42.8 Å². The Bertz CT molecular complexity index is 350. The Balaban J connectivity index is 2.86. The van der Waals surface area contributed by atoms with Gasteiger partial charge in [0.15, 0.2) is 0 Å². The molecule has 2 heterocycles. The van der Waals surface area contributed by atoms with E-state index in [0.717, 1.165) is 16.9 Å². The smallest absolute Gasteiger partial charge is 0.295 e. The molecule has 2 N–H and O–H groups in total. The number of fused-ring (bicyclic) bond motifs is 1. The van der Waals surface area contributed by atoms with Gasteiger partial charge in [0, 0.05) is 13.1 Å². The zero-order valence-corrected chi connectivity index (χ0v) is 5.68. The first kappa shape index (κ1) is 5.41. The van der Waals surface area contributed by atoms with Crippen LogP contribution in [0.2, 0.25) is 0 Å². The number of hydrogen-bond donors (Lipinski definition) is 1. The molecule has 0 spiro atoms. The zero-order chi connectivity index (χ0) is 6.97. The Morgan fingerprint density at radius 3 is 3.40 bits per heavy atom. The van der Waals surface area contributed by atoms with Gasteiger partial charge in [0.2, 0.25) is 0 Å². The highest BCUT2D eigenvalue weighted by Crippen LogP contribution is 2.04. The van der Waals surface area contributed by atoms with Gasteiger partial charge in [0.1, 0.15) is 6.20 Å². The average molecular weight is 134 g/mol. The summed E-state index contributed by atoms with van der Waals surface area (Å²) in [5, 5.41) is 1.12. The number of aromatic amines is 2. The highest BCUT2D eigenvalue weighted by Gasteiger charge is 2.02. The van der Waals surface area contributed by atoms with Crippen LogP contribution in [0.5, 0.6) is 0 Å². The summed E-state index contributed by atoms with van der Waals surface area (Å²) in [5.41, 5.74) is 0.941. The minimum atomic E-state index is 0.926. The van der Waals surface area contributed by atoms with Crippen LogP contribution in [0.15, 0.2) is 18.5 Å². The third-order valence-corrected chi connectivity index (χ3v) is 1.47. The molecule has 0 aliphatic heterocycles. The second-order valence-electron chi connectivity index (χ2n) is 2.27. The molecule has 0 unspecified atom stereocenters. The number of nitrogens with one attached hydrogen (secondary N) is 2. The van der Waals surface area contributed by atoms with E-state index in [0.29, 0.717) is 0 Å². The van der Waals surface area contributed by atoms with Crippen molar-refractivity contribution in [3.8, 4) is 0 Å². The van der Waals surface area contributed by atoms with Crippen LogP contribution in [-0.4, -0.2) is 9.97 Å². The standard InChI is InChI=1S/C7H7N3/c1-5-9-4-6-2-3-8-7(6)10-5/h2-4H,1H3,(H,8,9,10)/p+1. The van der Waals surface area contributed by atoms with Gasteiger partial charge in [-0.3, -0.25) is 0 Å². The molecule has 0 aliphatic rings. The maximum Gasteiger partial charge on any atom is 0.295 e. The predicted octanol–water partition coefficient (Wildman–Crippen LogP) is 0.685. The van der Waals surface area contributed by atoms with E-state index in [1.54, 1.807) is 0 Å². The molecule has 2 rings (SSSR count). The molecular formula is C7H8N3+. The van der Waals surface area contributed by atoms with Gasteiger partial charge in [-0.2, -0.15) is 0 Å². The fourth-order valence-corrected chi connectivity index (χ4v) is 0.968. The van der Waals surface area contributed by atoms with E-state index >= 15 is 0 Å². The lowest BCUT2D eigenvalue weighted by Gasteiger charge is -1.79. The van der Waals surface area contributed by atoms with Crippen molar-refractivity contribution in [2.24, 2.45) is 0 Å². The van der Waals surface area contributed by atoms with Gasteiger partial charge in [-0.1, -0.05) is 0 Å². The quantitative estimate of drug-likeness (QED) is 0.565. The van der Waals surface area contributed by atoms with Crippen LogP contribution in [0.3, 0.4) is 0 Å². The van der Waals surface area contributed by atoms with Crippen LogP contribution < -0.4 is 4.98 Å². The highest BCUT2D eigenvalue weighted by molar-refractivity contribution is 5.72. The molecule has 3 heteroatoms. The summed E-state index contributed by atoms with van der Waals surface area (Å²) in [4.78, 5) is 10.3. The molecule has 0 saturated heterocycles. The lowest BCUT2D eigenvalue weighted by Crippen LogP contribution is -2.07. The van der Waals surface area contributed by atoms with Gasteiger partial charge in [-0.15, -0.1) is 0 Å². The van der Waals surface area contributed by atoms with Crippen molar-refractivity contribution in [3.63, 3.8) is 0 Å². The third kappa shape index (κ3) is 0.673. The molecule has 3 nitrogen and oxygen atoms in total. The number of aryl methyl sites for hydroxylation is 1. The Hall–Kier alpha value is -1.38. The SMILES string of the molecule is Cc1nc2[nH]ccc2c[nH+]1. The van der Waals surface area contributed by atoms with E-state index in [4.69, 9.17) is 0 Å². The van der Waals surface area contributed by atoms with Crippen molar-refractivity contribution >= 4 is 11.0 Å². The Morgan fingerprint density at radius 2 is 2.50 bits per heavy atom. The number of rotatable bonds is 0. The summed E-state index contributed by atoms with van der Waals surface area (Å²) in [6.45, 7) is 1.93. The van der Waals surface area contributed by atoms with Crippen molar-refractivity contribution < 1.29 is 4.98 Å². The molecule has 0 saturated carbocycles. The fourth-order valence-electron chi connectivity index (χ4n) is 0.968. The van der Waals surface area contributed by atoms with Crippen molar-refractivity contribution in [2.45, 2.75) is 6.92 Å². The average Bonchev–Trinajstić information content (AvgIpc) is 2.33. The molecule has 0 aliphatic carbocycles. The first-order valence-corrected chi connectivity index (χ1v) is 3.19. The predicted molar refractivity (Wildman–Crippen MR) is 37.4 cm³/mol. The van der Waals surface area contributed by atoms with Crippen molar-refractivity contribution in [3.05, 3.63) is 24.3 Å². The molecule has 0 aromatic carbocycles. The second-order valence-corrected chi connectivity index (χ2v) is 2.27. The van der Waals surface area contributed by atoms with E-state index in [1.807, 2.05) is 25.4 Å². The maximum absolute atomic E-state index is 4.22. The van der Waals surface area contributed by atoms with Gasteiger partial charge in [-0.05, 0) is 11.1 Å². The normalized spacial score (nSPS) is 10.5. The summed E-state index contributed by atoms with van der Waals surface area (Å²) in [5.74, 6) is 0.926. The largest absolute Gasteiger partial charge is 0.325 e.